The maximum Gasteiger partial charge on any atom is 0.305 e. The van der Waals surface area contributed by atoms with Crippen LogP contribution in [0.25, 0.3) is 11.1 Å². The predicted molar refractivity (Wildman–Crippen MR) is 139 cm³/mol. The van der Waals surface area contributed by atoms with Gasteiger partial charge in [0.05, 0.1) is 38.1 Å². The van der Waals surface area contributed by atoms with Gasteiger partial charge in [0, 0.05) is 34.6 Å². The number of fused-ring (bicyclic) bond motifs is 3. The van der Waals surface area contributed by atoms with Gasteiger partial charge < -0.3 is 39.9 Å². The van der Waals surface area contributed by atoms with Crippen LogP contribution in [0.3, 0.4) is 0 Å². The molecule has 0 saturated heterocycles. The Balaban J connectivity index is 1.51. The minimum absolute atomic E-state index is 0.0103. The Bertz CT molecular complexity index is 1320. The number of hydrazine groups is 1. The molecule has 194 valence electrons. The normalized spacial score (nSPS) is 18.4. The summed E-state index contributed by atoms with van der Waals surface area (Å²) in [5.74, 6) is 0.363. The number of hydrogen-bond donors (Lipinski definition) is 2. The van der Waals surface area contributed by atoms with Crippen LogP contribution in [-0.4, -0.2) is 41.4 Å². The average Bonchev–Trinajstić information content (AvgIpc) is 3.54. The molecule has 10 heteroatoms. The zero-order valence-corrected chi connectivity index (χ0v) is 21.3. The van der Waals surface area contributed by atoms with E-state index in [1.165, 1.54) is 0 Å². The summed E-state index contributed by atoms with van der Waals surface area (Å²) in [5.41, 5.74) is 11.6. The maximum atomic E-state index is 11.1. The van der Waals surface area contributed by atoms with Gasteiger partial charge in [-0.15, -0.1) is 6.20 Å². The van der Waals surface area contributed by atoms with Crippen molar-refractivity contribution in [3.8, 4) is 17.2 Å². The molecule has 37 heavy (non-hydrogen) atoms. The van der Waals surface area contributed by atoms with Crippen molar-refractivity contribution in [2.24, 2.45) is 0 Å². The molecule has 2 aliphatic heterocycles. The summed E-state index contributed by atoms with van der Waals surface area (Å²) in [4.78, 5) is 11.1. The quantitative estimate of drug-likeness (QED) is 0.381. The lowest BCUT2D eigenvalue weighted by Gasteiger charge is -2.28. The van der Waals surface area contributed by atoms with E-state index in [0.29, 0.717) is 35.9 Å². The standard InChI is InChI=1S/C27H28ClN4O5/c1-35-24-7-3-5-19(27(24)36-2)26-20-15-17(28)8-10-21(20)31-13-4-6-22(31)23(37-26)11-9-18-16-29-30-32(18)14-12-25(33)34/h3-8,10,13,15-16,23,26,30H,9,11-12,14H2,1-2H3,(H,33,34)/q-1/t23-,26-/m1/s1. The first-order valence-electron chi connectivity index (χ1n) is 12.0. The number of nitrogens with zero attached hydrogens (tertiary/aromatic N) is 3. The molecule has 2 aromatic carbocycles. The number of carboxylic acids is 1. The van der Waals surface area contributed by atoms with Gasteiger partial charge in [-0.2, -0.15) is 0 Å². The van der Waals surface area contributed by atoms with E-state index in [1.54, 1.807) is 25.4 Å². The van der Waals surface area contributed by atoms with Crippen molar-refractivity contribution in [2.75, 3.05) is 20.8 Å². The van der Waals surface area contributed by atoms with Crippen LogP contribution in [0.2, 0.25) is 5.02 Å². The van der Waals surface area contributed by atoms with Crippen LogP contribution in [0.15, 0.2) is 66.6 Å². The third kappa shape index (κ3) is 4.98. The molecule has 3 heterocycles. The molecule has 0 spiro atoms. The van der Waals surface area contributed by atoms with E-state index in [-0.39, 0.29) is 12.5 Å². The highest BCUT2D eigenvalue weighted by Crippen LogP contribution is 2.46. The Morgan fingerprint density at radius 1 is 1.16 bits per heavy atom. The van der Waals surface area contributed by atoms with E-state index in [4.69, 9.17) is 30.9 Å². The first kappa shape index (κ1) is 25.0. The molecule has 1 aromatic heterocycles. The van der Waals surface area contributed by atoms with Crippen molar-refractivity contribution in [1.82, 2.24) is 15.1 Å². The van der Waals surface area contributed by atoms with Gasteiger partial charge in [0.25, 0.3) is 0 Å². The summed E-state index contributed by atoms with van der Waals surface area (Å²) < 4.78 is 20.4. The molecule has 0 fully saturated rings. The molecule has 0 aliphatic carbocycles. The predicted octanol–water partition coefficient (Wildman–Crippen LogP) is 5.51. The van der Waals surface area contributed by atoms with Crippen LogP contribution >= 0.6 is 11.6 Å². The van der Waals surface area contributed by atoms with Crippen LogP contribution < -0.4 is 15.0 Å². The topological polar surface area (TPSA) is 99.3 Å². The fraction of sp³-hybridized carbons (Fsp3) is 0.296. The lowest BCUT2D eigenvalue weighted by molar-refractivity contribution is -0.137. The number of para-hydroxylation sites is 1. The zero-order chi connectivity index (χ0) is 25.9. The van der Waals surface area contributed by atoms with Crippen molar-refractivity contribution in [3.63, 3.8) is 0 Å². The summed E-state index contributed by atoms with van der Waals surface area (Å²) in [6.07, 6.45) is 4.27. The van der Waals surface area contributed by atoms with Crippen LogP contribution in [-0.2, 0) is 9.53 Å². The highest BCUT2D eigenvalue weighted by Gasteiger charge is 2.33. The van der Waals surface area contributed by atoms with E-state index < -0.39 is 12.1 Å². The number of carboxylic acid groups (broad SMARTS) is 1. The number of ether oxygens (including phenoxy) is 3. The average molecular weight is 524 g/mol. The molecule has 5 rings (SSSR count). The second-order valence-corrected chi connectivity index (χ2v) is 9.21. The molecule has 3 aromatic rings. The molecule has 2 aliphatic rings. The summed E-state index contributed by atoms with van der Waals surface area (Å²) in [6, 6.07) is 15.6. The highest BCUT2D eigenvalue weighted by atomic mass is 35.5. The van der Waals surface area contributed by atoms with Gasteiger partial charge in [-0.1, -0.05) is 23.7 Å². The summed E-state index contributed by atoms with van der Waals surface area (Å²) in [5, 5.41) is 11.5. The third-order valence-electron chi connectivity index (χ3n) is 6.61. The smallest absolute Gasteiger partial charge is 0.305 e. The Kier molecular flexibility index (Phi) is 7.27. The van der Waals surface area contributed by atoms with Gasteiger partial charge in [0.1, 0.15) is 6.10 Å². The maximum absolute atomic E-state index is 11.1. The van der Waals surface area contributed by atoms with Gasteiger partial charge >= 0.3 is 5.97 Å². The van der Waals surface area contributed by atoms with Gasteiger partial charge in [0.2, 0.25) is 0 Å². The Morgan fingerprint density at radius 2 is 2.03 bits per heavy atom. The summed E-state index contributed by atoms with van der Waals surface area (Å²) in [7, 11) is 3.23. The molecule has 2 N–H and O–H groups in total. The molecule has 0 unspecified atom stereocenters. The van der Waals surface area contributed by atoms with Crippen LogP contribution in [0.1, 0.15) is 48.3 Å². The van der Waals surface area contributed by atoms with Crippen molar-refractivity contribution in [2.45, 2.75) is 31.5 Å². The summed E-state index contributed by atoms with van der Waals surface area (Å²) >= 11 is 6.47. The monoisotopic (exact) mass is 523 g/mol. The Labute approximate surface area is 220 Å². The second kappa shape index (κ2) is 10.8. The number of aliphatic carboxylic acids is 1. The number of rotatable bonds is 9. The van der Waals surface area contributed by atoms with Crippen LogP contribution in [0.4, 0.5) is 0 Å². The number of carbonyl (C=O) groups is 1. The molecular weight excluding hydrogens is 496 g/mol. The second-order valence-electron chi connectivity index (χ2n) is 8.78. The van der Waals surface area contributed by atoms with Gasteiger partial charge in [-0.05, 0) is 49.2 Å². The molecular formula is C27H28ClN4O5-. The van der Waals surface area contributed by atoms with E-state index in [1.807, 2.05) is 48.7 Å². The van der Waals surface area contributed by atoms with E-state index in [0.717, 1.165) is 28.2 Å². The number of hydrogen-bond acceptors (Lipinski definition) is 6. The fourth-order valence-electron chi connectivity index (χ4n) is 4.90. The first-order chi connectivity index (χ1) is 18.0. The van der Waals surface area contributed by atoms with Crippen molar-refractivity contribution in [3.05, 3.63) is 93.9 Å². The molecule has 0 saturated carbocycles. The number of halogens is 1. The van der Waals surface area contributed by atoms with Crippen LogP contribution in [0, 0.1) is 0 Å². The molecule has 0 bridgehead atoms. The van der Waals surface area contributed by atoms with E-state index in [9.17, 15) is 4.79 Å². The molecule has 0 radical (unpaired) electrons. The largest absolute Gasteiger partial charge is 0.609 e. The van der Waals surface area contributed by atoms with E-state index in [2.05, 4.69) is 21.6 Å². The van der Waals surface area contributed by atoms with Gasteiger partial charge in [-0.3, -0.25) is 4.79 Å². The summed E-state index contributed by atoms with van der Waals surface area (Å²) in [6.45, 7) is 0.320. The number of allylic oxidation sites excluding steroid dienone is 1. The van der Waals surface area contributed by atoms with Crippen molar-refractivity contribution >= 4 is 17.6 Å². The number of methoxy groups -OCH3 is 2. The van der Waals surface area contributed by atoms with E-state index >= 15 is 0 Å². The number of aromatic nitrogens is 1. The van der Waals surface area contributed by atoms with Crippen molar-refractivity contribution < 1.29 is 24.1 Å². The van der Waals surface area contributed by atoms with Crippen molar-refractivity contribution in [1.29, 1.82) is 0 Å². The highest BCUT2D eigenvalue weighted by molar-refractivity contribution is 6.30. The fourth-order valence-corrected chi connectivity index (χ4v) is 5.08. The first-order valence-corrected chi connectivity index (χ1v) is 12.3. The number of nitrogens with one attached hydrogen (secondary N) is 1. The lowest BCUT2D eigenvalue weighted by atomic mass is 9.98. The molecule has 2 atom stereocenters. The van der Waals surface area contributed by atoms with Gasteiger partial charge in [0.15, 0.2) is 11.5 Å². The lowest BCUT2D eigenvalue weighted by Crippen LogP contribution is -2.31. The molecule has 9 nitrogen and oxygen atoms in total. The molecule has 0 amide bonds. The van der Waals surface area contributed by atoms with Crippen LogP contribution in [0.5, 0.6) is 11.5 Å². The SMILES string of the molecule is COc1cccc([C@H]2O[C@H](CCC3=C[N-]NN3CCC(=O)O)c3cccn3-c3ccc(Cl)cc32)c1OC. The van der Waals surface area contributed by atoms with Gasteiger partial charge in [-0.25, -0.2) is 0 Å². The Hall–Kier alpha value is -3.66. The number of benzene rings is 2. The zero-order valence-electron chi connectivity index (χ0n) is 20.6. The minimum atomic E-state index is -0.857. The minimum Gasteiger partial charge on any atom is -0.609 e. The third-order valence-corrected chi connectivity index (χ3v) is 6.84. The Morgan fingerprint density at radius 3 is 2.81 bits per heavy atom.